The van der Waals surface area contributed by atoms with E-state index in [2.05, 4.69) is 9.98 Å². The molecule has 1 aromatic rings. The maximum Gasteiger partial charge on any atom is 0.435 e. The van der Waals surface area contributed by atoms with E-state index in [1.54, 1.807) is 6.07 Å². The van der Waals surface area contributed by atoms with Crippen molar-refractivity contribution in [1.29, 1.82) is 0 Å². The van der Waals surface area contributed by atoms with Gasteiger partial charge in [-0.3, -0.25) is 0 Å². The molecule has 18 heavy (non-hydrogen) atoms. The standard InChI is InChI=1S/C12H12FN3O2/c13-10-4-1-8(5-14-10)6-16(9-2-3-9)11-7-18-12(17)15-11/h1,4-5,9H,2-3,6-7H2. The minimum Gasteiger partial charge on any atom is -0.440 e. The van der Waals surface area contributed by atoms with Crippen LogP contribution in [0.5, 0.6) is 0 Å². The number of aromatic nitrogens is 1. The number of amides is 1. The smallest absolute Gasteiger partial charge is 0.435 e. The second kappa shape index (κ2) is 4.36. The Morgan fingerprint density at radius 2 is 2.28 bits per heavy atom. The fourth-order valence-corrected chi connectivity index (χ4v) is 1.96. The molecule has 1 aliphatic carbocycles. The van der Waals surface area contributed by atoms with Crippen LogP contribution in [0, 0.1) is 5.95 Å². The third kappa shape index (κ3) is 2.32. The molecule has 0 unspecified atom stereocenters. The molecule has 1 fully saturated rings. The lowest BCUT2D eigenvalue weighted by atomic mass is 10.2. The maximum atomic E-state index is 12.7. The zero-order valence-electron chi connectivity index (χ0n) is 9.67. The zero-order valence-corrected chi connectivity index (χ0v) is 9.67. The summed E-state index contributed by atoms with van der Waals surface area (Å²) in [6.45, 7) is 0.803. The Balaban J connectivity index is 1.76. The van der Waals surface area contributed by atoms with E-state index in [1.807, 2.05) is 4.90 Å². The average Bonchev–Trinajstić information content (AvgIpc) is 3.11. The van der Waals surface area contributed by atoms with Crippen molar-refractivity contribution in [2.75, 3.05) is 6.61 Å². The molecular weight excluding hydrogens is 237 g/mol. The van der Waals surface area contributed by atoms with Gasteiger partial charge in [0.25, 0.3) is 0 Å². The Morgan fingerprint density at radius 3 is 2.83 bits per heavy atom. The van der Waals surface area contributed by atoms with E-state index in [0.717, 1.165) is 18.4 Å². The van der Waals surface area contributed by atoms with Gasteiger partial charge < -0.3 is 9.64 Å². The molecule has 3 rings (SSSR count). The lowest BCUT2D eigenvalue weighted by Crippen LogP contribution is -2.33. The number of hydrogen-bond donors (Lipinski definition) is 0. The van der Waals surface area contributed by atoms with Crippen LogP contribution in [0.3, 0.4) is 0 Å². The van der Waals surface area contributed by atoms with Crippen LogP contribution in [-0.2, 0) is 11.3 Å². The van der Waals surface area contributed by atoms with Gasteiger partial charge in [0, 0.05) is 18.8 Å². The Hall–Kier alpha value is -1.98. The summed E-state index contributed by atoms with van der Waals surface area (Å²) >= 11 is 0. The van der Waals surface area contributed by atoms with Crippen LogP contribution in [0.15, 0.2) is 23.3 Å². The molecule has 2 aliphatic rings. The van der Waals surface area contributed by atoms with Crippen molar-refractivity contribution >= 4 is 11.9 Å². The fourth-order valence-electron chi connectivity index (χ4n) is 1.96. The van der Waals surface area contributed by atoms with Gasteiger partial charge in [-0.05, 0) is 24.5 Å². The number of rotatable bonds is 3. The number of carbonyl (C=O) groups excluding carboxylic acids is 1. The molecule has 6 heteroatoms. The van der Waals surface area contributed by atoms with Gasteiger partial charge in [-0.25, -0.2) is 9.78 Å². The molecule has 0 N–H and O–H groups in total. The first-order chi connectivity index (χ1) is 8.72. The molecule has 2 heterocycles. The van der Waals surface area contributed by atoms with Crippen molar-refractivity contribution in [1.82, 2.24) is 9.88 Å². The molecule has 0 aromatic carbocycles. The van der Waals surface area contributed by atoms with Crippen LogP contribution in [0.25, 0.3) is 0 Å². The van der Waals surface area contributed by atoms with E-state index < -0.39 is 12.0 Å². The third-order valence-corrected chi connectivity index (χ3v) is 3.01. The Morgan fingerprint density at radius 1 is 1.44 bits per heavy atom. The van der Waals surface area contributed by atoms with E-state index in [4.69, 9.17) is 4.74 Å². The van der Waals surface area contributed by atoms with Crippen molar-refractivity contribution in [3.63, 3.8) is 0 Å². The van der Waals surface area contributed by atoms with Crippen molar-refractivity contribution in [2.45, 2.75) is 25.4 Å². The Bertz CT molecular complexity index is 497. The van der Waals surface area contributed by atoms with Gasteiger partial charge in [0.2, 0.25) is 5.95 Å². The number of carbonyl (C=O) groups is 1. The van der Waals surface area contributed by atoms with Gasteiger partial charge in [-0.1, -0.05) is 6.07 Å². The number of hydrogen-bond acceptors (Lipinski definition) is 4. The van der Waals surface area contributed by atoms with Crippen LogP contribution in [-0.4, -0.2) is 34.5 Å². The molecule has 1 amide bonds. The molecule has 1 aromatic heterocycles. The highest BCUT2D eigenvalue weighted by Crippen LogP contribution is 2.29. The second-order valence-electron chi connectivity index (χ2n) is 4.43. The monoisotopic (exact) mass is 249 g/mol. The lowest BCUT2D eigenvalue weighted by Gasteiger charge is -2.22. The number of ether oxygens (including phenoxy) is 1. The number of aliphatic imine (C=N–C) groups is 1. The van der Waals surface area contributed by atoms with Crippen molar-refractivity contribution in [2.24, 2.45) is 4.99 Å². The van der Waals surface area contributed by atoms with Gasteiger partial charge in [-0.2, -0.15) is 9.38 Å². The predicted molar refractivity (Wildman–Crippen MR) is 61.5 cm³/mol. The molecule has 0 spiro atoms. The zero-order chi connectivity index (χ0) is 12.5. The SMILES string of the molecule is O=C1N=C(N(Cc2ccc(F)nc2)C2CC2)CO1. The highest BCUT2D eigenvalue weighted by molar-refractivity contribution is 5.97. The lowest BCUT2D eigenvalue weighted by molar-refractivity contribution is 0.179. The molecule has 0 radical (unpaired) electrons. The molecule has 0 bridgehead atoms. The van der Waals surface area contributed by atoms with Crippen molar-refractivity contribution < 1.29 is 13.9 Å². The number of nitrogens with zero attached hydrogens (tertiary/aromatic N) is 3. The summed E-state index contributed by atoms with van der Waals surface area (Å²) in [6, 6.07) is 3.43. The summed E-state index contributed by atoms with van der Waals surface area (Å²) in [6.07, 6.45) is 3.14. The summed E-state index contributed by atoms with van der Waals surface area (Å²) in [4.78, 5) is 20.5. The highest BCUT2D eigenvalue weighted by Gasteiger charge is 2.34. The van der Waals surface area contributed by atoms with Crippen LogP contribution in [0.1, 0.15) is 18.4 Å². The van der Waals surface area contributed by atoms with E-state index in [-0.39, 0.29) is 6.61 Å². The molecule has 94 valence electrons. The van der Waals surface area contributed by atoms with Gasteiger partial charge in [0.05, 0.1) is 0 Å². The average molecular weight is 249 g/mol. The molecule has 1 saturated carbocycles. The Labute approximate surface area is 103 Å². The van der Waals surface area contributed by atoms with E-state index >= 15 is 0 Å². The van der Waals surface area contributed by atoms with Crippen molar-refractivity contribution in [3.8, 4) is 0 Å². The van der Waals surface area contributed by atoms with E-state index in [9.17, 15) is 9.18 Å². The van der Waals surface area contributed by atoms with Gasteiger partial charge in [-0.15, -0.1) is 0 Å². The van der Waals surface area contributed by atoms with Crippen LogP contribution >= 0.6 is 0 Å². The fraction of sp³-hybridized carbons (Fsp3) is 0.417. The summed E-state index contributed by atoms with van der Waals surface area (Å²) < 4.78 is 17.6. The number of cyclic esters (lactones) is 1. The summed E-state index contributed by atoms with van der Waals surface area (Å²) in [7, 11) is 0. The molecule has 0 atom stereocenters. The minimum absolute atomic E-state index is 0.226. The molecule has 5 nitrogen and oxygen atoms in total. The number of amidine groups is 1. The van der Waals surface area contributed by atoms with Gasteiger partial charge in [0.1, 0.15) is 0 Å². The first-order valence-corrected chi connectivity index (χ1v) is 5.84. The Kier molecular flexibility index (Phi) is 2.70. The number of pyridine rings is 1. The molecular formula is C12H12FN3O2. The summed E-state index contributed by atoms with van der Waals surface area (Å²) in [5.41, 5.74) is 0.894. The van der Waals surface area contributed by atoms with Crippen molar-refractivity contribution in [3.05, 3.63) is 29.8 Å². The third-order valence-electron chi connectivity index (χ3n) is 3.01. The largest absolute Gasteiger partial charge is 0.440 e. The molecule has 1 aliphatic heterocycles. The van der Waals surface area contributed by atoms with Crippen LogP contribution in [0.4, 0.5) is 9.18 Å². The van der Waals surface area contributed by atoms with Crippen LogP contribution in [0.2, 0.25) is 0 Å². The first-order valence-electron chi connectivity index (χ1n) is 5.84. The van der Waals surface area contributed by atoms with E-state index in [1.165, 1.54) is 12.3 Å². The van der Waals surface area contributed by atoms with Gasteiger partial charge in [0.15, 0.2) is 12.4 Å². The maximum absolute atomic E-state index is 12.7. The summed E-state index contributed by atoms with van der Waals surface area (Å²) in [5, 5.41) is 0. The van der Waals surface area contributed by atoms with Gasteiger partial charge >= 0.3 is 6.09 Å². The predicted octanol–water partition coefficient (Wildman–Crippen LogP) is 1.73. The first kappa shape index (κ1) is 11.1. The van der Waals surface area contributed by atoms with Crippen LogP contribution < -0.4 is 0 Å². The van der Waals surface area contributed by atoms with E-state index in [0.29, 0.717) is 18.4 Å². The summed E-state index contributed by atoms with van der Waals surface area (Å²) in [5.74, 6) is 0.167. The molecule has 0 saturated heterocycles. The highest BCUT2D eigenvalue weighted by atomic mass is 19.1. The topological polar surface area (TPSA) is 54.8 Å². The number of halogens is 1. The normalized spacial score (nSPS) is 18.5. The quantitative estimate of drug-likeness (QED) is 0.765. The minimum atomic E-state index is -0.534. The second-order valence-corrected chi connectivity index (χ2v) is 4.43.